The molecular weight excluding hydrogens is 262 g/mol. The highest BCUT2D eigenvalue weighted by molar-refractivity contribution is 6.30. The summed E-state index contributed by atoms with van der Waals surface area (Å²) in [5.41, 5.74) is 8.56. The highest BCUT2D eigenvalue weighted by Gasteiger charge is 2.12. The molecule has 5 heteroatoms. The van der Waals surface area contributed by atoms with E-state index in [4.69, 9.17) is 21.8 Å². The van der Waals surface area contributed by atoms with Crippen molar-refractivity contribution >= 4 is 17.4 Å². The summed E-state index contributed by atoms with van der Waals surface area (Å²) < 4.78 is 6.94. The monoisotopic (exact) mass is 273 g/mol. The summed E-state index contributed by atoms with van der Waals surface area (Å²) in [7, 11) is 0. The third kappa shape index (κ3) is 2.11. The summed E-state index contributed by atoms with van der Waals surface area (Å²) in [5, 5.41) is 5.14. The minimum Gasteiger partial charge on any atom is -0.469 e. The van der Waals surface area contributed by atoms with Crippen molar-refractivity contribution < 1.29 is 4.42 Å². The van der Waals surface area contributed by atoms with Crippen molar-refractivity contribution in [1.82, 2.24) is 9.78 Å². The van der Waals surface area contributed by atoms with Crippen LogP contribution in [0, 0.1) is 6.92 Å². The number of nitrogen functional groups attached to an aromatic ring is 1. The number of halogens is 1. The van der Waals surface area contributed by atoms with E-state index in [0.717, 1.165) is 22.7 Å². The average molecular weight is 274 g/mol. The van der Waals surface area contributed by atoms with Crippen molar-refractivity contribution in [1.29, 1.82) is 0 Å². The third-order valence-electron chi connectivity index (χ3n) is 2.92. The van der Waals surface area contributed by atoms with Crippen molar-refractivity contribution in [2.75, 3.05) is 5.73 Å². The number of nitrogens with two attached hydrogens (primary N) is 1. The standard InChI is InChI=1S/C14H12ClN3O/c1-9-12(5-6-19-9)13-8-14(16)18(17-13)11-4-2-3-10(15)7-11/h2-8H,16H2,1H3. The highest BCUT2D eigenvalue weighted by Crippen LogP contribution is 2.26. The molecule has 0 bridgehead atoms. The maximum Gasteiger partial charge on any atom is 0.127 e. The molecule has 4 nitrogen and oxygen atoms in total. The van der Waals surface area contributed by atoms with Gasteiger partial charge in [0.1, 0.15) is 11.6 Å². The van der Waals surface area contributed by atoms with E-state index in [1.807, 2.05) is 43.3 Å². The van der Waals surface area contributed by atoms with E-state index in [-0.39, 0.29) is 0 Å². The molecule has 2 N–H and O–H groups in total. The zero-order valence-electron chi connectivity index (χ0n) is 10.3. The Labute approximate surface area is 115 Å². The summed E-state index contributed by atoms with van der Waals surface area (Å²) in [4.78, 5) is 0. The van der Waals surface area contributed by atoms with Crippen molar-refractivity contribution in [3.05, 3.63) is 53.4 Å². The van der Waals surface area contributed by atoms with Gasteiger partial charge in [-0.25, -0.2) is 4.68 Å². The number of furan rings is 1. The Kier molecular flexibility index (Phi) is 2.80. The van der Waals surface area contributed by atoms with Gasteiger partial charge in [-0.2, -0.15) is 5.10 Å². The van der Waals surface area contributed by atoms with Crippen LogP contribution in [0.15, 0.2) is 47.1 Å². The van der Waals surface area contributed by atoms with Crippen LogP contribution in [-0.4, -0.2) is 9.78 Å². The molecule has 0 aliphatic rings. The Morgan fingerprint density at radius 3 is 2.79 bits per heavy atom. The minimum atomic E-state index is 0.554. The van der Waals surface area contributed by atoms with Crippen LogP contribution in [0.25, 0.3) is 16.9 Å². The molecule has 0 fully saturated rings. The molecule has 1 aromatic carbocycles. The normalized spacial score (nSPS) is 10.8. The Morgan fingerprint density at radius 1 is 1.26 bits per heavy atom. The first-order valence-electron chi connectivity index (χ1n) is 5.81. The van der Waals surface area contributed by atoms with E-state index < -0.39 is 0 Å². The van der Waals surface area contributed by atoms with Gasteiger partial charge in [-0.15, -0.1) is 0 Å². The first-order valence-corrected chi connectivity index (χ1v) is 6.19. The second kappa shape index (κ2) is 4.48. The van der Waals surface area contributed by atoms with Crippen LogP contribution < -0.4 is 5.73 Å². The summed E-state index contributed by atoms with van der Waals surface area (Å²) in [5.74, 6) is 1.37. The van der Waals surface area contributed by atoms with Gasteiger partial charge in [0, 0.05) is 16.7 Å². The Hall–Kier alpha value is -2.20. The summed E-state index contributed by atoms with van der Waals surface area (Å²) in [6, 6.07) is 11.1. The smallest absolute Gasteiger partial charge is 0.127 e. The fourth-order valence-corrected chi connectivity index (χ4v) is 2.18. The molecule has 0 radical (unpaired) electrons. The number of aromatic nitrogens is 2. The van der Waals surface area contributed by atoms with Gasteiger partial charge in [-0.3, -0.25) is 0 Å². The predicted octanol–water partition coefficient (Wildman–Crippen LogP) is 3.68. The molecule has 3 rings (SSSR count). The lowest BCUT2D eigenvalue weighted by molar-refractivity contribution is 0.535. The first-order chi connectivity index (χ1) is 9.15. The van der Waals surface area contributed by atoms with Crippen LogP contribution in [0.2, 0.25) is 5.02 Å². The van der Waals surface area contributed by atoms with Gasteiger partial charge in [0.15, 0.2) is 0 Å². The quantitative estimate of drug-likeness (QED) is 0.775. The van der Waals surface area contributed by atoms with Crippen LogP contribution in [0.3, 0.4) is 0 Å². The van der Waals surface area contributed by atoms with Crippen LogP contribution in [0.4, 0.5) is 5.82 Å². The van der Waals surface area contributed by atoms with Crippen LogP contribution >= 0.6 is 11.6 Å². The van der Waals surface area contributed by atoms with E-state index in [2.05, 4.69) is 5.10 Å². The van der Waals surface area contributed by atoms with E-state index in [1.54, 1.807) is 10.9 Å². The van der Waals surface area contributed by atoms with Crippen LogP contribution in [0.5, 0.6) is 0 Å². The number of hydrogen-bond donors (Lipinski definition) is 1. The number of hydrogen-bond acceptors (Lipinski definition) is 3. The fraction of sp³-hybridized carbons (Fsp3) is 0.0714. The lowest BCUT2D eigenvalue weighted by Gasteiger charge is -2.03. The van der Waals surface area contributed by atoms with Crippen molar-refractivity contribution in [2.45, 2.75) is 6.92 Å². The minimum absolute atomic E-state index is 0.554. The Balaban J connectivity index is 2.10. The molecular formula is C14H12ClN3O. The van der Waals surface area contributed by atoms with E-state index in [9.17, 15) is 0 Å². The number of aryl methyl sites for hydroxylation is 1. The summed E-state index contributed by atoms with van der Waals surface area (Å²) >= 11 is 5.98. The highest BCUT2D eigenvalue weighted by atomic mass is 35.5. The van der Waals surface area contributed by atoms with E-state index in [1.165, 1.54) is 0 Å². The van der Waals surface area contributed by atoms with Crippen molar-refractivity contribution in [3.8, 4) is 16.9 Å². The average Bonchev–Trinajstić information content (AvgIpc) is 2.95. The molecule has 0 aliphatic heterocycles. The zero-order valence-corrected chi connectivity index (χ0v) is 11.1. The maximum atomic E-state index is 6.01. The molecule has 0 saturated carbocycles. The number of nitrogens with zero attached hydrogens (tertiary/aromatic N) is 2. The van der Waals surface area contributed by atoms with Gasteiger partial charge in [-0.1, -0.05) is 17.7 Å². The second-order valence-corrected chi connectivity index (χ2v) is 4.67. The topological polar surface area (TPSA) is 57.0 Å². The number of benzene rings is 1. The lowest BCUT2D eigenvalue weighted by atomic mass is 10.2. The molecule has 0 unspecified atom stereocenters. The summed E-state index contributed by atoms with van der Waals surface area (Å²) in [6.07, 6.45) is 1.64. The number of anilines is 1. The van der Waals surface area contributed by atoms with Crippen molar-refractivity contribution in [3.63, 3.8) is 0 Å². The maximum absolute atomic E-state index is 6.01. The molecule has 0 amide bonds. The molecule has 0 saturated heterocycles. The summed E-state index contributed by atoms with van der Waals surface area (Å²) in [6.45, 7) is 1.89. The molecule has 2 heterocycles. The lowest BCUT2D eigenvalue weighted by Crippen LogP contribution is -2.01. The predicted molar refractivity (Wildman–Crippen MR) is 75.4 cm³/mol. The van der Waals surface area contributed by atoms with Gasteiger partial charge < -0.3 is 10.2 Å². The van der Waals surface area contributed by atoms with Crippen LogP contribution in [-0.2, 0) is 0 Å². The molecule has 3 aromatic rings. The van der Waals surface area contributed by atoms with Gasteiger partial charge in [0.05, 0.1) is 17.6 Å². The van der Waals surface area contributed by atoms with Gasteiger partial charge in [0.2, 0.25) is 0 Å². The third-order valence-corrected chi connectivity index (χ3v) is 3.16. The Bertz CT molecular complexity index is 730. The van der Waals surface area contributed by atoms with Gasteiger partial charge >= 0.3 is 0 Å². The second-order valence-electron chi connectivity index (χ2n) is 4.24. The fourth-order valence-electron chi connectivity index (χ4n) is 1.99. The van der Waals surface area contributed by atoms with Gasteiger partial charge in [0.25, 0.3) is 0 Å². The molecule has 0 spiro atoms. The number of rotatable bonds is 2. The van der Waals surface area contributed by atoms with Gasteiger partial charge in [-0.05, 0) is 31.2 Å². The van der Waals surface area contributed by atoms with Crippen molar-refractivity contribution in [2.24, 2.45) is 0 Å². The molecule has 0 atom stereocenters. The molecule has 19 heavy (non-hydrogen) atoms. The SMILES string of the molecule is Cc1occc1-c1cc(N)n(-c2cccc(Cl)c2)n1. The zero-order chi connectivity index (χ0) is 13.4. The van der Waals surface area contributed by atoms with E-state index >= 15 is 0 Å². The first kappa shape index (κ1) is 11.9. The molecule has 96 valence electrons. The van der Waals surface area contributed by atoms with E-state index in [0.29, 0.717) is 10.8 Å². The molecule has 0 aliphatic carbocycles. The Morgan fingerprint density at radius 2 is 2.11 bits per heavy atom. The largest absolute Gasteiger partial charge is 0.469 e. The molecule has 2 aromatic heterocycles. The van der Waals surface area contributed by atoms with Crippen LogP contribution in [0.1, 0.15) is 5.76 Å².